The standard InChI is InChI=1S/C9H11ClN4/c10-7-2-12-3-8(13-7)14-4-5-1-6(14)9(5)11/h2-3,5-6,9H,1,4,11H2. The summed E-state index contributed by atoms with van der Waals surface area (Å²) in [5.74, 6) is 1.50. The van der Waals surface area contributed by atoms with E-state index in [2.05, 4.69) is 14.9 Å². The molecule has 1 aromatic heterocycles. The van der Waals surface area contributed by atoms with E-state index < -0.39 is 0 Å². The van der Waals surface area contributed by atoms with Crippen LogP contribution in [0.15, 0.2) is 12.4 Å². The van der Waals surface area contributed by atoms with Gasteiger partial charge in [-0.1, -0.05) is 11.6 Å². The van der Waals surface area contributed by atoms with Gasteiger partial charge in [-0.15, -0.1) is 0 Å². The quantitative estimate of drug-likeness (QED) is 0.740. The summed E-state index contributed by atoms with van der Waals surface area (Å²) in [5.41, 5.74) is 5.97. The van der Waals surface area contributed by atoms with E-state index in [1.807, 2.05) is 0 Å². The number of hydrogen-bond acceptors (Lipinski definition) is 4. The van der Waals surface area contributed by atoms with Gasteiger partial charge < -0.3 is 10.6 Å². The van der Waals surface area contributed by atoms with Gasteiger partial charge in [-0.2, -0.15) is 0 Å². The van der Waals surface area contributed by atoms with E-state index in [1.165, 1.54) is 6.42 Å². The van der Waals surface area contributed by atoms with E-state index in [0.29, 0.717) is 23.2 Å². The Morgan fingerprint density at radius 3 is 2.93 bits per heavy atom. The molecule has 0 radical (unpaired) electrons. The van der Waals surface area contributed by atoms with Gasteiger partial charge in [0.1, 0.15) is 11.0 Å². The summed E-state index contributed by atoms with van der Waals surface area (Å²) in [4.78, 5) is 10.5. The molecule has 2 aliphatic heterocycles. The minimum absolute atomic E-state index is 0.316. The van der Waals surface area contributed by atoms with E-state index in [1.54, 1.807) is 12.4 Å². The molecule has 2 bridgehead atoms. The Morgan fingerprint density at radius 1 is 1.50 bits per heavy atom. The number of anilines is 1. The second-order valence-electron chi connectivity index (χ2n) is 3.99. The smallest absolute Gasteiger partial charge is 0.149 e. The number of halogens is 1. The summed E-state index contributed by atoms with van der Waals surface area (Å²) in [6, 6.07) is 0.767. The lowest BCUT2D eigenvalue weighted by atomic mass is 9.81. The number of aromatic nitrogens is 2. The molecule has 0 spiro atoms. The molecule has 3 unspecified atom stereocenters. The fourth-order valence-corrected chi connectivity index (χ4v) is 2.54. The molecule has 3 heterocycles. The zero-order valence-corrected chi connectivity index (χ0v) is 8.35. The van der Waals surface area contributed by atoms with Crippen LogP contribution in [0.4, 0.5) is 5.82 Å². The molecule has 74 valence electrons. The molecule has 2 N–H and O–H groups in total. The molecule has 3 fully saturated rings. The Balaban J connectivity index is 1.90. The van der Waals surface area contributed by atoms with Gasteiger partial charge in [0.05, 0.1) is 12.4 Å². The zero-order valence-electron chi connectivity index (χ0n) is 7.60. The fourth-order valence-electron chi connectivity index (χ4n) is 2.40. The van der Waals surface area contributed by atoms with Gasteiger partial charge in [0.2, 0.25) is 0 Å². The van der Waals surface area contributed by atoms with Gasteiger partial charge in [0, 0.05) is 18.6 Å². The van der Waals surface area contributed by atoms with Crippen molar-refractivity contribution in [2.75, 3.05) is 11.4 Å². The molecule has 4 rings (SSSR count). The number of nitrogens with two attached hydrogens (primary N) is 1. The Labute approximate surface area is 87.1 Å². The average molecular weight is 211 g/mol. The van der Waals surface area contributed by atoms with Crippen LogP contribution in [0, 0.1) is 5.92 Å². The molecule has 1 aliphatic carbocycles. The molecular formula is C9H11ClN4. The van der Waals surface area contributed by atoms with Gasteiger partial charge in [-0.05, 0) is 12.3 Å². The molecule has 3 atom stereocenters. The Bertz CT molecular complexity index is 370. The first-order valence-electron chi connectivity index (χ1n) is 4.75. The first kappa shape index (κ1) is 8.44. The predicted molar refractivity (Wildman–Crippen MR) is 54.3 cm³/mol. The molecule has 1 aromatic rings. The molecule has 1 saturated carbocycles. The van der Waals surface area contributed by atoms with Gasteiger partial charge in [-0.3, -0.25) is 4.98 Å². The van der Waals surface area contributed by atoms with E-state index in [9.17, 15) is 0 Å². The SMILES string of the molecule is NC1C2CC1N(c1cncc(Cl)n1)C2. The van der Waals surface area contributed by atoms with Crippen LogP contribution in [0.5, 0.6) is 0 Å². The largest absolute Gasteiger partial charge is 0.350 e. The monoisotopic (exact) mass is 210 g/mol. The van der Waals surface area contributed by atoms with E-state index in [4.69, 9.17) is 17.3 Å². The van der Waals surface area contributed by atoms with Crippen LogP contribution in [0.2, 0.25) is 5.15 Å². The molecule has 3 aliphatic rings. The number of nitrogens with zero attached hydrogens (tertiary/aromatic N) is 3. The zero-order chi connectivity index (χ0) is 9.71. The maximum atomic E-state index is 5.97. The minimum Gasteiger partial charge on any atom is -0.350 e. The summed E-state index contributed by atoms with van der Waals surface area (Å²) >= 11 is 5.79. The first-order chi connectivity index (χ1) is 6.75. The molecule has 4 nitrogen and oxygen atoms in total. The van der Waals surface area contributed by atoms with Crippen molar-refractivity contribution in [1.82, 2.24) is 9.97 Å². The Kier molecular flexibility index (Phi) is 1.69. The topological polar surface area (TPSA) is 55.0 Å². The third-order valence-corrected chi connectivity index (χ3v) is 3.43. The highest BCUT2D eigenvalue weighted by Crippen LogP contribution is 2.41. The summed E-state index contributed by atoms with van der Waals surface area (Å²) < 4.78 is 0. The van der Waals surface area contributed by atoms with Crippen LogP contribution in [-0.4, -0.2) is 28.6 Å². The maximum Gasteiger partial charge on any atom is 0.149 e. The summed E-state index contributed by atoms with van der Waals surface area (Å²) in [6.07, 6.45) is 4.49. The molecular weight excluding hydrogens is 200 g/mol. The molecule has 2 saturated heterocycles. The van der Waals surface area contributed by atoms with Crippen molar-refractivity contribution in [2.24, 2.45) is 11.7 Å². The number of rotatable bonds is 1. The lowest BCUT2D eigenvalue weighted by Gasteiger charge is -2.33. The number of fused-ring (bicyclic) bond motifs is 1. The van der Waals surface area contributed by atoms with Crippen LogP contribution in [0.25, 0.3) is 0 Å². The second kappa shape index (κ2) is 2.81. The van der Waals surface area contributed by atoms with Crippen molar-refractivity contribution >= 4 is 17.4 Å². The van der Waals surface area contributed by atoms with Crippen molar-refractivity contribution in [2.45, 2.75) is 18.5 Å². The van der Waals surface area contributed by atoms with Gasteiger partial charge >= 0.3 is 0 Å². The Morgan fingerprint density at radius 2 is 2.36 bits per heavy atom. The van der Waals surface area contributed by atoms with Crippen molar-refractivity contribution in [3.05, 3.63) is 17.5 Å². The summed E-state index contributed by atoms with van der Waals surface area (Å²) in [5, 5.41) is 0.445. The summed E-state index contributed by atoms with van der Waals surface area (Å²) in [6.45, 7) is 1.00. The lowest BCUT2D eigenvalue weighted by Crippen LogP contribution is -2.49. The van der Waals surface area contributed by atoms with Gasteiger partial charge in [-0.25, -0.2) is 4.98 Å². The minimum atomic E-state index is 0.316. The maximum absolute atomic E-state index is 5.97. The first-order valence-corrected chi connectivity index (χ1v) is 5.13. The normalized spacial score (nSPS) is 34.4. The van der Waals surface area contributed by atoms with Crippen LogP contribution >= 0.6 is 11.6 Å². The molecule has 0 amide bonds. The highest BCUT2D eigenvalue weighted by Gasteiger charge is 2.50. The van der Waals surface area contributed by atoms with Crippen molar-refractivity contribution in [3.8, 4) is 0 Å². The van der Waals surface area contributed by atoms with Crippen LogP contribution in [0.1, 0.15) is 6.42 Å². The van der Waals surface area contributed by atoms with Crippen molar-refractivity contribution < 1.29 is 0 Å². The third-order valence-electron chi connectivity index (χ3n) is 3.25. The predicted octanol–water partition coefficient (Wildman–Crippen LogP) is 0.666. The Hall–Kier alpha value is -0.870. The lowest BCUT2D eigenvalue weighted by molar-refractivity contribution is 0.311. The van der Waals surface area contributed by atoms with Crippen molar-refractivity contribution in [1.29, 1.82) is 0 Å². The highest BCUT2D eigenvalue weighted by atomic mass is 35.5. The third kappa shape index (κ3) is 1.04. The van der Waals surface area contributed by atoms with Gasteiger partial charge in [0.15, 0.2) is 0 Å². The number of hydrogen-bond donors (Lipinski definition) is 1. The average Bonchev–Trinajstić information content (AvgIpc) is 2.74. The molecule has 5 heteroatoms. The van der Waals surface area contributed by atoms with Crippen LogP contribution in [-0.2, 0) is 0 Å². The fraction of sp³-hybridized carbons (Fsp3) is 0.556. The van der Waals surface area contributed by atoms with Crippen LogP contribution in [0.3, 0.4) is 0 Å². The van der Waals surface area contributed by atoms with E-state index in [-0.39, 0.29) is 0 Å². The van der Waals surface area contributed by atoms with Crippen molar-refractivity contribution in [3.63, 3.8) is 0 Å². The van der Waals surface area contributed by atoms with Gasteiger partial charge in [0.25, 0.3) is 0 Å². The van der Waals surface area contributed by atoms with E-state index >= 15 is 0 Å². The van der Waals surface area contributed by atoms with Crippen LogP contribution < -0.4 is 10.6 Å². The van der Waals surface area contributed by atoms with E-state index in [0.717, 1.165) is 12.4 Å². The summed E-state index contributed by atoms with van der Waals surface area (Å²) in [7, 11) is 0. The second-order valence-corrected chi connectivity index (χ2v) is 4.38. The highest BCUT2D eigenvalue weighted by molar-refractivity contribution is 6.29. The molecule has 0 aromatic carbocycles. The molecule has 14 heavy (non-hydrogen) atoms.